The molecule has 0 amide bonds. The molecule has 0 aromatic carbocycles. The van der Waals surface area contributed by atoms with E-state index in [4.69, 9.17) is 5.73 Å². The van der Waals surface area contributed by atoms with Crippen LogP contribution in [0.15, 0.2) is 0 Å². The van der Waals surface area contributed by atoms with Crippen molar-refractivity contribution in [2.45, 2.75) is 80.6 Å². The molecule has 19 heteroatoms. The van der Waals surface area contributed by atoms with Crippen molar-refractivity contribution in [3.63, 3.8) is 0 Å². The summed E-state index contributed by atoms with van der Waals surface area (Å²) in [6.45, 7) is 3.07. The molecule has 0 aliphatic heterocycles. The summed E-state index contributed by atoms with van der Waals surface area (Å²) in [6.07, 6.45) is -10.4. The first-order chi connectivity index (χ1) is 14.3. The molecule has 33 heavy (non-hydrogen) atoms. The van der Waals surface area contributed by atoms with Gasteiger partial charge in [0.1, 0.15) is 0 Å². The van der Waals surface area contributed by atoms with Crippen LogP contribution in [0.2, 0.25) is 0 Å². The predicted octanol–water partition coefficient (Wildman–Crippen LogP) is 6.71. The molecule has 0 bridgehead atoms. The molecule has 0 heterocycles. The Bertz CT molecular complexity index is 603. The van der Waals surface area contributed by atoms with Gasteiger partial charge in [-0.1, -0.05) is 31.1 Å². The minimum Gasteiger partial charge on any atom is -0.330 e. The quantitative estimate of drug-likeness (QED) is 0.242. The van der Waals surface area contributed by atoms with Gasteiger partial charge in [0.2, 0.25) is 0 Å². The van der Waals surface area contributed by atoms with E-state index in [1.807, 2.05) is 0 Å². The van der Waals surface area contributed by atoms with Crippen molar-refractivity contribution in [2.75, 3.05) is 6.54 Å². The molecule has 2 N–H and O–H groups in total. The Kier molecular flexibility index (Phi) is 8.72. The second-order valence-electron chi connectivity index (χ2n) is 6.61. The molecule has 0 atom stereocenters. The van der Waals surface area contributed by atoms with E-state index in [-0.39, 0.29) is 0 Å². The van der Waals surface area contributed by atoms with E-state index in [1.165, 1.54) is 25.7 Å². The second kappa shape index (κ2) is 9.07. The minimum absolute atomic E-state index is 0.861. The third kappa shape index (κ3) is 4.54. The third-order valence-electron chi connectivity index (χ3n) is 4.28. The van der Waals surface area contributed by atoms with Crippen LogP contribution in [0.25, 0.3) is 0 Å². The number of halogens is 17. The molecule has 0 saturated heterocycles. The Morgan fingerprint density at radius 3 is 1.09 bits per heavy atom. The SMILES string of the molecule is CCCCCCN.FC(F)(F)N(C(F)(F)F)C1(F)C(F)(F)C(F)(F)C(F)(F)C(F)(F)C1(F)F. The lowest BCUT2D eigenvalue weighted by Crippen LogP contribution is -2.89. The molecule has 1 aliphatic rings. The molecule has 0 radical (unpaired) electrons. The van der Waals surface area contributed by atoms with Crippen LogP contribution in [-0.2, 0) is 0 Å². The van der Waals surface area contributed by atoms with Crippen LogP contribution >= 0.6 is 0 Å². The fourth-order valence-corrected chi connectivity index (χ4v) is 2.55. The number of unbranched alkanes of at least 4 members (excludes halogenated alkanes) is 3. The largest absolute Gasteiger partial charge is 0.470 e. The standard InChI is InChI=1S/C8F17N.C6H15N/c9-1(10)2(11,12)4(15,16)6(19,5(17,18)3(1,13)14)26(7(20,21)22)8(23,24)25;1-2-3-4-5-6-7/h;2-7H2,1H3. The van der Waals surface area contributed by atoms with Gasteiger partial charge in [-0.15, -0.1) is 0 Å². The first-order valence-corrected chi connectivity index (χ1v) is 8.50. The smallest absolute Gasteiger partial charge is 0.330 e. The number of hydrogen-bond donors (Lipinski definition) is 1. The topological polar surface area (TPSA) is 29.3 Å². The molecular weight excluding hydrogens is 519 g/mol. The summed E-state index contributed by atoms with van der Waals surface area (Å²) in [4.78, 5) is -4.61. The van der Waals surface area contributed by atoms with Gasteiger partial charge in [-0.2, -0.15) is 70.2 Å². The van der Waals surface area contributed by atoms with Gasteiger partial charge in [-0.3, -0.25) is 0 Å². The fraction of sp³-hybridized carbons (Fsp3) is 1.00. The molecule has 0 aromatic heterocycles. The predicted molar refractivity (Wildman–Crippen MR) is 75.7 cm³/mol. The fourth-order valence-electron chi connectivity index (χ4n) is 2.55. The molecule has 1 fully saturated rings. The highest BCUT2D eigenvalue weighted by molar-refractivity contribution is 5.26. The van der Waals surface area contributed by atoms with Crippen LogP contribution in [0.5, 0.6) is 0 Å². The van der Waals surface area contributed by atoms with Gasteiger partial charge in [0.05, 0.1) is 0 Å². The monoisotopic (exact) mass is 534 g/mol. The van der Waals surface area contributed by atoms with E-state index < -0.39 is 52.9 Å². The maximum absolute atomic E-state index is 13.8. The normalized spacial score (nSPS) is 24.7. The average molecular weight is 534 g/mol. The summed E-state index contributed by atoms with van der Waals surface area (Å²) in [5.41, 5.74) is 5.27. The molecule has 0 unspecified atom stereocenters. The van der Waals surface area contributed by atoms with Crippen molar-refractivity contribution in [1.29, 1.82) is 0 Å². The molecular formula is C14H15F17N2. The van der Waals surface area contributed by atoms with Crippen molar-refractivity contribution in [3.05, 3.63) is 0 Å². The molecule has 1 rings (SSSR count). The number of nitrogens with zero attached hydrogens (tertiary/aromatic N) is 1. The Hall–Kier alpha value is -1.27. The molecule has 1 aliphatic carbocycles. The summed E-state index contributed by atoms with van der Waals surface area (Å²) in [7, 11) is 0. The zero-order chi connectivity index (χ0) is 27.1. The Balaban J connectivity index is 0.00000126. The highest BCUT2D eigenvalue weighted by Crippen LogP contribution is 2.71. The summed E-state index contributed by atoms with van der Waals surface area (Å²) < 4.78 is 217. The van der Waals surface area contributed by atoms with Crippen molar-refractivity contribution >= 4 is 0 Å². The van der Waals surface area contributed by atoms with E-state index in [1.54, 1.807) is 0 Å². The molecule has 200 valence electrons. The summed E-state index contributed by atoms with van der Waals surface area (Å²) in [5.74, 6) is -49.1. The third-order valence-corrected chi connectivity index (χ3v) is 4.28. The van der Waals surface area contributed by atoms with Gasteiger partial charge in [-0.05, 0) is 13.0 Å². The zero-order valence-corrected chi connectivity index (χ0v) is 16.0. The first kappa shape index (κ1) is 31.7. The van der Waals surface area contributed by atoms with Crippen LogP contribution in [0.4, 0.5) is 74.6 Å². The number of nitrogens with two attached hydrogens (primary N) is 1. The van der Waals surface area contributed by atoms with Crippen molar-refractivity contribution in [1.82, 2.24) is 4.90 Å². The maximum atomic E-state index is 13.8. The van der Waals surface area contributed by atoms with Crippen molar-refractivity contribution in [2.24, 2.45) is 5.73 Å². The first-order valence-electron chi connectivity index (χ1n) is 8.50. The van der Waals surface area contributed by atoms with Crippen LogP contribution in [0, 0.1) is 0 Å². The lowest BCUT2D eigenvalue weighted by molar-refractivity contribution is -0.548. The molecule has 1 saturated carbocycles. The zero-order valence-electron chi connectivity index (χ0n) is 16.0. The van der Waals surface area contributed by atoms with Crippen LogP contribution < -0.4 is 5.73 Å². The average Bonchev–Trinajstić information content (AvgIpc) is 2.58. The van der Waals surface area contributed by atoms with Crippen LogP contribution in [0.3, 0.4) is 0 Å². The summed E-state index contributed by atoms with van der Waals surface area (Å²) in [6, 6.07) is 0. The maximum Gasteiger partial charge on any atom is 0.470 e. The van der Waals surface area contributed by atoms with E-state index in [0.29, 0.717) is 0 Å². The van der Waals surface area contributed by atoms with Gasteiger partial charge < -0.3 is 5.73 Å². The highest BCUT2D eigenvalue weighted by atomic mass is 19.4. The Morgan fingerprint density at radius 2 is 0.848 bits per heavy atom. The van der Waals surface area contributed by atoms with E-state index >= 15 is 0 Å². The van der Waals surface area contributed by atoms with Gasteiger partial charge in [0.15, 0.2) is 0 Å². The second-order valence-corrected chi connectivity index (χ2v) is 6.61. The Labute approximate surface area is 173 Å². The Morgan fingerprint density at radius 1 is 0.545 bits per heavy atom. The molecule has 0 aromatic rings. The minimum atomic E-state index is -8.38. The van der Waals surface area contributed by atoms with Crippen molar-refractivity contribution in [3.8, 4) is 0 Å². The molecule has 2 nitrogen and oxygen atoms in total. The lowest BCUT2D eigenvalue weighted by Gasteiger charge is -2.55. The van der Waals surface area contributed by atoms with E-state index in [0.717, 1.165) is 6.54 Å². The number of hydrogen-bond acceptors (Lipinski definition) is 2. The highest BCUT2D eigenvalue weighted by Gasteiger charge is 3.04. The van der Waals surface area contributed by atoms with Gasteiger partial charge >= 0.3 is 48.0 Å². The summed E-state index contributed by atoms with van der Waals surface area (Å²) >= 11 is 0. The van der Waals surface area contributed by atoms with Gasteiger partial charge in [0, 0.05) is 0 Å². The van der Waals surface area contributed by atoms with Gasteiger partial charge in [0.25, 0.3) is 0 Å². The summed E-state index contributed by atoms with van der Waals surface area (Å²) in [5, 5.41) is 0. The lowest BCUT2D eigenvalue weighted by atomic mass is 9.76. The number of alkyl halides is 17. The molecule has 0 spiro atoms. The van der Waals surface area contributed by atoms with Gasteiger partial charge in [-0.25, -0.2) is 4.39 Å². The van der Waals surface area contributed by atoms with E-state index in [9.17, 15) is 74.6 Å². The number of rotatable bonds is 5. The van der Waals surface area contributed by atoms with Crippen LogP contribution in [0.1, 0.15) is 32.6 Å². The van der Waals surface area contributed by atoms with Crippen molar-refractivity contribution < 1.29 is 74.6 Å². The van der Waals surface area contributed by atoms with E-state index in [2.05, 4.69) is 6.92 Å². The van der Waals surface area contributed by atoms with Crippen LogP contribution in [-0.4, -0.2) is 59.5 Å².